The lowest BCUT2D eigenvalue weighted by Gasteiger charge is -2.55. The quantitative estimate of drug-likeness (QED) is 0.744. The van der Waals surface area contributed by atoms with Crippen molar-refractivity contribution in [2.75, 3.05) is 14.1 Å². The smallest absolute Gasteiger partial charge is 0.139 e. The van der Waals surface area contributed by atoms with Crippen LogP contribution >= 0.6 is 0 Å². The molecule has 2 aliphatic heterocycles. The van der Waals surface area contributed by atoms with Crippen molar-refractivity contribution in [2.24, 2.45) is 11.3 Å². The van der Waals surface area contributed by atoms with Gasteiger partial charge in [0.05, 0.1) is 17.3 Å². The zero-order chi connectivity index (χ0) is 18.5. The van der Waals surface area contributed by atoms with E-state index in [0.717, 1.165) is 36.8 Å². The number of hydrogen-bond donors (Lipinski definition) is 2. The molecule has 5 heteroatoms. The third-order valence-electron chi connectivity index (χ3n) is 8.22. The van der Waals surface area contributed by atoms with E-state index in [9.17, 15) is 15.0 Å². The number of carbonyl (C=O) groups is 1. The second-order valence-electron chi connectivity index (χ2n) is 9.55. The van der Waals surface area contributed by atoms with Gasteiger partial charge in [0, 0.05) is 23.8 Å². The number of ketones is 1. The van der Waals surface area contributed by atoms with Gasteiger partial charge in [-0.05, 0) is 57.3 Å². The van der Waals surface area contributed by atoms with Crippen molar-refractivity contribution in [3.63, 3.8) is 0 Å². The zero-order valence-electron chi connectivity index (χ0n) is 15.9. The largest absolute Gasteiger partial charge is 0.388 e. The van der Waals surface area contributed by atoms with Crippen LogP contribution in [0.4, 0.5) is 0 Å². The van der Waals surface area contributed by atoms with Gasteiger partial charge in [0.15, 0.2) is 0 Å². The van der Waals surface area contributed by atoms with Crippen LogP contribution in [0, 0.1) is 11.3 Å². The number of Topliss-reactive ketones (excluding diaryl/α,β-unsaturated/α-hetero) is 1. The molecule has 5 aliphatic rings. The van der Waals surface area contributed by atoms with E-state index in [2.05, 4.69) is 19.1 Å². The van der Waals surface area contributed by atoms with Crippen LogP contribution in [0.25, 0.3) is 0 Å². The van der Waals surface area contributed by atoms with Gasteiger partial charge < -0.3 is 19.8 Å². The van der Waals surface area contributed by atoms with Crippen molar-refractivity contribution >= 4 is 5.78 Å². The minimum absolute atomic E-state index is 0.136. The number of rotatable bonds is 1. The third-order valence-corrected chi connectivity index (χ3v) is 8.22. The molecule has 3 aliphatic carbocycles. The van der Waals surface area contributed by atoms with Crippen LogP contribution in [-0.4, -0.2) is 64.4 Å². The lowest BCUT2D eigenvalue weighted by atomic mass is 9.61. The van der Waals surface area contributed by atoms with Crippen molar-refractivity contribution in [1.29, 1.82) is 0 Å². The molecule has 2 heterocycles. The molecule has 2 saturated carbocycles. The Labute approximate surface area is 154 Å². The molecule has 0 aromatic rings. The monoisotopic (exact) mass is 359 g/mol. The van der Waals surface area contributed by atoms with Crippen molar-refractivity contribution in [3.8, 4) is 0 Å². The number of fused-ring (bicyclic) bond motifs is 1. The number of aliphatic hydroxyl groups is 2. The van der Waals surface area contributed by atoms with Gasteiger partial charge in [-0.1, -0.05) is 19.1 Å². The normalized spacial score (nSPS) is 52.3. The standard InChI is InChI=1S/C21H29NO4/c1-19-7-6-12-10-13-17(24)18(25)14(22(2)3)11-20(13)8-9-21(12,26-20)15(19)4-5-16(19)23/h6,10,14-15,17-18,24-25H,4-5,7-9,11H2,1-3H3. The Morgan fingerprint density at radius 1 is 1.27 bits per heavy atom. The summed E-state index contributed by atoms with van der Waals surface area (Å²) in [6.07, 6.45) is 7.32. The number of nitrogens with zero attached hydrogens (tertiary/aromatic N) is 1. The Bertz CT molecular complexity index is 742. The van der Waals surface area contributed by atoms with E-state index in [4.69, 9.17) is 4.74 Å². The third kappa shape index (κ3) is 1.83. The first-order valence-electron chi connectivity index (χ1n) is 9.92. The molecule has 0 radical (unpaired) electrons. The fourth-order valence-corrected chi connectivity index (χ4v) is 6.70. The number of allylic oxidation sites excluding steroid dienone is 1. The van der Waals surface area contributed by atoms with Gasteiger partial charge in [0.25, 0.3) is 0 Å². The molecule has 26 heavy (non-hydrogen) atoms. The first kappa shape index (κ1) is 17.1. The highest BCUT2D eigenvalue weighted by atomic mass is 16.5. The molecule has 2 N–H and O–H groups in total. The number of carbonyl (C=O) groups excluding carboxylic acids is 1. The Morgan fingerprint density at radius 3 is 2.77 bits per heavy atom. The van der Waals surface area contributed by atoms with Crippen LogP contribution in [-0.2, 0) is 9.53 Å². The molecular weight excluding hydrogens is 330 g/mol. The average Bonchev–Trinajstić information content (AvgIpc) is 3.07. The predicted molar refractivity (Wildman–Crippen MR) is 96.5 cm³/mol. The van der Waals surface area contributed by atoms with E-state index in [1.807, 2.05) is 19.0 Å². The maximum Gasteiger partial charge on any atom is 0.139 e. The van der Waals surface area contributed by atoms with E-state index in [1.54, 1.807) is 0 Å². The maximum atomic E-state index is 12.6. The molecule has 5 nitrogen and oxygen atoms in total. The lowest BCUT2D eigenvalue weighted by Crippen LogP contribution is -2.62. The minimum Gasteiger partial charge on any atom is -0.388 e. The number of ether oxygens (including phenoxy) is 1. The average molecular weight is 359 g/mol. The van der Waals surface area contributed by atoms with Crippen LogP contribution in [0.1, 0.15) is 45.4 Å². The van der Waals surface area contributed by atoms with Gasteiger partial charge in [-0.15, -0.1) is 0 Å². The van der Waals surface area contributed by atoms with Gasteiger partial charge in [-0.3, -0.25) is 4.79 Å². The van der Waals surface area contributed by atoms with E-state index < -0.39 is 17.8 Å². The molecule has 2 spiro atoms. The zero-order valence-corrected chi connectivity index (χ0v) is 15.9. The Kier molecular flexibility index (Phi) is 3.34. The Balaban J connectivity index is 1.63. The number of hydrogen-bond acceptors (Lipinski definition) is 5. The highest BCUT2D eigenvalue weighted by Gasteiger charge is 2.68. The van der Waals surface area contributed by atoms with E-state index in [1.165, 1.54) is 0 Å². The molecule has 5 rings (SSSR count). The topological polar surface area (TPSA) is 70.0 Å². The van der Waals surface area contributed by atoms with Crippen LogP contribution in [0.2, 0.25) is 0 Å². The highest BCUT2D eigenvalue weighted by Crippen LogP contribution is 2.65. The summed E-state index contributed by atoms with van der Waals surface area (Å²) in [6, 6.07) is -0.136. The first-order valence-corrected chi connectivity index (χ1v) is 9.92. The summed E-state index contributed by atoms with van der Waals surface area (Å²) in [5.41, 5.74) is 0.771. The van der Waals surface area contributed by atoms with Crippen LogP contribution in [0.15, 0.2) is 23.3 Å². The van der Waals surface area contributed by atoms with Gasteiger partial charge in [-0.2, -0.15) is 0 Å². The SMILES string of the molecule is CN(C)C1CC23CCC4(O2)C(=CCC2(C)C(=O)CCC24)C=C3C(O)C1O. The molecule has 0 aromatic heterocycles. The second-order valence-corrected chi connectivity index (χ2v) is 9.55. The van der Waals surface area contributed by atoms with E-state index >= 15 is 0 Å². The minimum atomic E-state index is -0.897. The summed E-state index contributed by atoms with van der Waals surface area (Å²) in [4.78, 5) is 14.6. The van der Waals surface area contributed by atoms with E-state index in [-0.39, 0.29) is 23.0 Å². The van der Waals surface area contributed by atoms with Crippen molar-refractivity contribution < 1.29 is 19.7 Å². The maximum absolute atomic E-state index is 12.6. The predicted octanol–water partition coefficient (Wildman–Crippen LogP) is 1.59. The van der Waals surface area contributed by atoms with Gasteiger partial charge in [-0.25, -0.2) is 0 Å². The number of aliphatic hydroxyl groups excluding tert-OH is 2. The fraction of sp³-hybridized carbons (Fsp3) is 0.762. The molecule has 3 fully saturated rings. The molecule has 142 valence electrons. The summed E-state index contributed by atoms with van der Waals surface area (Å²) in [6.45, 7) is 2.12. The van der Waals surface area contributed by atoms with Crippen LogP contribution in [0.3, 0.4) is 0 Å². The number of likely N-dealkylation sites (N-methyl/N-ethyl adjacent to an activating group) is 1. The fourth-order valence-electron chi connectivity index (χ4n) is 6.70. The molecule has 2 bridgehead atoms. The Morgan fingerprint density at radius 2 is 2.04 bits per heavy atom. The molecular formula is C21H29NO4. The summed E-state index contributed by atoms with van der Waals surface area (Å²) >= 11 is 0. The molecule has 0 amide bonds. The molecule has 7 unspecified atom stereocenters. The van der Waals surface area contributed by atoms with Crippen LogP contribution in [0.5, 0.6) is 0 Å². The van der Waals surface area contributed by atoms with Crippen molar-refractivity contribution in [2.45, 2.75) is 74.9 Å². The molecule has 7 atom stereocenters. The van der Waals surface area contributed by atoms with Crippen molar-refractivity contribution in [3.05, 3.63) is 23.3 Å². The van der Waals surface area contributed by atoms with Gasteiger partial charge in [0.1, 0.15) is 11.9 Å². The lowest BCUT2D eigenvalue weighted by molar-refractivity contribution is -0.167. The van der Waals surface area contributed by atoms with E-state index in [0.29, 0.717) is 18.6 Å². The second kappa shape index (κ2) is 5.07. The Hall–Kier alpha value is -1.01. The molecule has 1 saturated heterocycles. The van der Waals surface area contributed by atoms with Crippen molar-refractivity contribution in [1.82, 2.24) is 4.90 Å². The highest BCUT2D eigenvalue weighted by molar-refractivity contribution is 5.88. The summed E-state index contributed by atoms with van der Waals surface area (Å²) < 4.78 is 6.92. The van der Waals surface area contributed by atoms with Crippen LogP contribution < -0.4 is 0 Å². The first-order chi connectivity index (χ1) is 12.2. The summed E-state index contributed by atoms with van der Waals surface area (Å²) in [5, 5.41) is 21.5. The summed E-state index contributed by atoms with van der Waals surface area (Å²) in [5.74, 6) is 0.596. The molecule has 0 aromatic carbocycles. The van der Waals surface area contributed by atoms with Gasteiger partial charge in [0.2, 0.25) is 0 Å². The van der Waals surface area contributed by atoms with Gasteiger partial charge >= 0.3 is 0 Å². The summed E-state index contributed by atoms with van der Waals surface area (Å²) in [7, 11) is 3.89.